The number of hydrogen-bond acceptors (Lipinski definition) is 7. The van der Waals surface area contributed by atoms with Crippen molar-refractivity contribution >= 4 is 27.3 Å². The van der Waals surface area contributed by atoms with E-state index in [1.807, 2.05) is 11.8 Å². The number of pyridine rings is 2. The van der Waals surface area contributed by atoms with E-state index in [1.165, 1.54) is 16.6 Å². The first-order valence-corrected chi connectivity index (χ1v) is 12.9. The molecule has 4 rings (SSSR count). The summed E-state index contributed by atoms with van der Waals surface area (Å²) >= 11 is 6.48. The van der Waals surface area contributed by atoms with Crippen LogP contribution >= 0.6 is 11.6 Å². The predicted octanol–water partition coefficient (Wildman–Crippen LogP) is 3.22. The van der Waals surface area contributed by atoms with E-state index in [4.69, 9.17) is 11.6 Å². The van der Waals surface area contributed by atoms with Gasteiger partial charge in [0, 0.05) is 55.9 Å². The Bertz CT molecular complexity index is 1260. The average molecular weight is 529 g/mol. The second-order valence-corrected chi connectivity index (χ2v) is 11.0. The van der Waals surface area contributed by atoms with Crippen LogP contribution in [0.5, 0.6) is 0 Å². The minimum atomic E-state index is -4.55. The highest BCUT2D eigenvalue weighted by molar-refractivity contribution is 7.89. The van der Waals surface area contributed by atoms with Crippen molar-refractivity contribution < 1.29 is 21.6 Å². The van der Waals surface area contributed by atoms with Crippen molar-refractivity contribution in [3.05, 3.63) is 70.7 Å². The lowest BCUT2D eigenvalue weighted by molar-refractivity contribution is -0.141. The van der Waals surface area contributed by atoms with E-state index in [1.54, 1.807) is 25.4 Å². The van der Waals surface area contributed by atoms with E-state index >= 15 is 0 Å². The molecule has 35 heavy (non-hydrogen) atoms. The number of halogens is 4. The third kappa shape index (κ3) is 5.00. The predicted molar refractivity (Wildman–Crippen MR) is 126 cm³/mol. The minimum absolute atomic E-state index is 0.0430. The molecule has 188 valence electrons. The van der Waals surface area contributed by atoms with Crippen LogP contribution in [0.1, 0.15) is 30.7 Å². The van der Waals surface area contributed by atoms with Crippen LogP contribution in [0.2, 0.25) is 5.02 Å². The highest BCUT2D eigenvalue weighted by Gasteiger charge is 2.40. The lowest BCUT2D eigenvalue weighted by Crippen LogP contribution is -2.55. The number of piperazine rings is 1. The van der Waals surface area contributed by atoms with Crippen LogP contribution in [0.15, 0.2) is 53.8 Å². The number of hydrogen-bond donors (Lipinski definition) is 1. The number of nitrogens with one attached hydrogen (secondary N) is 1. The third-order valence-corrected chi connectivity index (χ3v) is 8.33. The molecule has 0 bridgehead atoms. The third-order valence-electron chi connectivity index (χ3n) is 6.14. The summed E-state index contributed by atoms with van der Waals surface area (Å²) in [4.78, 5) is 14.2. The Balaban J connectivity index is 1.70. The summed E-state index contributed by atoms with van der Waals surface area (Å²) in [5, 5.41) is 3.80. The van der Waals surface area contributed by atoms with Crippen molar-refractivity contribution in [3.8, 4) is 0 Å². The van der Waals surface area contributed by atoms with E-state index in [0.717, 1.165) is 12.3 Å². The van der Waals surface area contributed by atoms with Crippen LogP contribution in [0, 0.1) is 0 Å². The topological polar surface area (TPSA) is 90.8 Å². The molecule has 1 unspecified atom stereocenters. The second kappa shape index (κ2) is 9.40. The summed E-state index contributed by atoms with van der Waals surface area (Å²) in [6.45, 7) is 5.01. The summed E-state index contributed by atoms with van der Waals surface area (Å²) in [7, 11) is -3.28. The summed E-state index contributed by atoms with van der Waals surface area (Å²) in [5.74, 6) is 0.694. The highest BCUT2D eigenvalue weighted by Crippen LogP contribution is 2.35. The van der Waals surface area contributed by atoms with Gasteiger partial charge in [-0.15, -0.1) is 0 Å². The van der Waals surface area contributed by atoms with E-state index in [0.29, 0.717) is 53.9 Å². The van der Waals surface area contributed by atoms with E-state index in [-0.39, 0.29) is 5.75 Å². The maximum absolute atomic E-state index is 13.0. The van der Waals surface area contributed by atoms with Crippen LogP contribution in [0.3, 0.4) is 0 Å². The fourth-order valence-corrected chi connectivity index (χ4v) is 5.59. The Labute approximate surface area is 206 Å². The maximum Gasteiger partial charge on any atom is 0.433 e. The fraction of sp³-hybridized carbons (Fsp3) is 0.409. The summed E-state index contributed by atoms with van der Waals surface area (Å²) in [6.07, 6.45) is 1.24. The van der Waals surface area contributed by atoms with Crippen LogP contribution in [0.4, 0.5) is 13.2 Å². The van der Waals surface area contributed by atoms with E-state index in [2.05, 4.69) is 20.3 Å². The quantitative estimate of drug-likeness (QED) is 0.641. The van der Waals surface area contributed by atoms with Gasteiger partial charge in [0.15, 0.2) is 0 Å². The molecule has 0 saturated carbocycles. The Morgan fingerprint density at radius 3 is 2.43 bits per heavy atom. The maximum atomic E-state index is 13.0. The largest absolute Gasteiger partial charge is 0.433 e. The molecule has 1 atom stereocenters. The summed E-state index contributed by atoms with van der Waals surface area (Å²) in [5.41, 5.74) is -0.563. The zero-order chi connectivity index (χ0) is 25.4. The van der Waals surface area contributed by atoms with Gasteiger partial charge in [0.1, 0.15) is 17.1 Å². The molecule has 4 heterocycles. The number of alkyl halides is 3. The van der Waals surface area contributed by atoms with Crippen molar-refractivity contribution in [1.82, 2.24) is 24.5 Å². The summed E-state index contributed by atoms with van der Waals surface area (Å²) < 4.78 is 65.0. The van der Waals surface area contributed by atoms with Crippen LogP contribution in [-0.2, 0) is 21.7 Å². The van der Waals surface area contributed by atoms with Gasteiger partial charge in [-0.25, -0.2) is 8.42 Å². The molecule has 0 aliphatic carbocycles. The number of aliphatic imine (C=N–C) groups is 1. The van der Waals surface area contributed by atoms with E-state index in [9.17, 15) is 21.6 Å². The SMILES string of the molecule is CCS(=O)(=O)N1CCN(C2=CN=C(c3ccc(C(F)(F)F)nc3)C(C)(c3ccncc3Cl)N2)CC1. The zero-order valence-electron chi connectivity index (χ0n) is 19.0. The first-order valence-electron chi connectivity index (χ1n) is 10.9. The lowest BCUT2D eigenvalue weighted by Gasteiger charge is -2.43. The van der Waals surface area contributed by atoms with Crippen molar-refractivity contribution in [3.63, 3.8) is 0 Å². The smallest absolute Gasteiger partial charge is 0.356 e. The van der Waals surface area contributed by atoms with Crippen molar-refractivity contribution in [1.29, 1.82) is 0 Å². The number of nitrogens with zero attached hydrogens (tertiary/aromatic N) is 5. The Kier molecular flexibility index (Phi) is 6.82. The van der Waals surface area contributed by atoms with Gasteiger partial charge in [-0.3, -0.25) is 15.0 Å². The molecule has 0 amide bonds. The van der Waals surface area contributed by atoms with Gasteiger partial charge in [-0.05, 0) is 32.0 Å². The molecule has 1 fully saturated rings. The molecule has 1 saturated heterocycles. The molecule has 13 heteroatoms. The normalized spacial score (nSPS) is 21.8. The first kappa shape index (κ1) is 25.4. The van der Waals surface area contributed by atoms with Crippen molar-refractivity contribution in [2.75, 3.05) is 31.9 Å². The van der Waals surface area contributed by atoms with Gasteiger partial charge >= 0.3 is 6.18 Å². The molecule has 1 N–H and O–H groups in total. The van der Waals surface area contributed by atoms with Crippen LogP contribution in [0.25, 0.3) is 0 Å². The Hall–Kier alpha value is -2.70. The van der Waals surface area contributed by atoms with E-state index < -0.39 is 27.4 Å². The minimum Gasteiger partial charge on any atom is -0.356 e. The lowest BCUT2D eigenvalue weighted by atomic mass is 9.83. The van der Waals surface area contributed by atoms with Gasteiger partial charge < -0.3 is 10.2 Å². The highest BCUT2D eigenvalue weighted by atomic mass is 35.5. The Morgan fingerprint density at radius 2 is 1.86 bits per heavy atom. The molecule has 0 aromatic carbocycles. The number of sulfonamides is 1. The van der Waals surface area contributed by atoms with Gasteiger partial charge in [-0.2, -0.15) is 17.5 Å². The number of rotatable bonds is 5. The van der Waals surface area contributed by atoms with Crippen molar-refractivity contribution in [2.24, 2.45) is 4.99 Å². The van der Waals surface area contributed by atoms with Crippen LogP contribution < -0.4 is 5.32 Å². The fourth-order valence-electron chi connectivity index (χ4n) is 4.19. The molecule has 2 aliphatic rings. The van der Waals surface area contributed by atoms with Crippen molar-refractivity contribution in [2.45, 2.75) is 25.6 Å². The molecule has 2 aromatic heterocycles. The van der Waals surface area contributed by atoms with Gasteiger partial charge in [0.25, 0.3) is 0 Å². The molecule has 2 aliphatic heterocycles. The molecular formula is C22H24ClF3N6O2S. The summed E-state index contributed by atoms with van der Waals surface area (Å²) in [6, 6.07) is 3.97. The standard InChI is InChI=1S/C22H24ClF3N6O2S/c1-3-35(33,34)32-10-8-31(9-11-32)19-14-29-20(15-4-5-18(28-12-15)22(24,25)26)21(2,30-19)16-6-7-27-13-17(16)23/h4-7,12-14,30H,3,8-11H2,1-2H3. The molecular weight excluding hydrogens is 505 g/mol. The first-order chi connectivity index (χ1) is 16.5. The number of aromatic nitrogens is 2. The van der Waals surface area contributed by atoms with Gasteiger partial charge in [-0.1, -0.05) is 11.6 Å². The molecule has 0 spiro atoms. The monoisotopic (exact) mass is 528 g/mol. The van der Waals surface area contributed by atoms with Gasteiger partial charge in [0.05, 0.1) is 22.7 Å². The molecule has 2 aromatic rings. The van der Waals surface area contributed by atoms with Crippen LogP contribution in [-0.4, -0.2) is 65.2 Å². The Morgan fingerprint density at radius 1 is 1.14 bits per heavy atom. The zero-order valence-corrected chi connectivity index (χ0v) is 20.6. The average Bonchev–Trinajstić information content (AvgIpc) is 2.84. The molecule has 8 nitrogen and oxygen atoms in total. The second-order valence-electron chi connectivity index (χ2n) is 8.31. The molecule has 0 radical (unpaired) electrons. The van der Waals surface area contributed by atoms with Gasteiger partial charge in [0.2, 0.25) is 10.0 Å².